The summed E-state index contributed by atoms with van der Waals surface area (Å²) in [6.45, 7) is 5.62. The number of nitrogens with one attached hydrogen (secondary N) is 1. The first kappa shape index (κ1) is 12.3. The molecule has 3 nitrogen and oxygen atoms in total. The van der Waals surface area contributed by atoms with Gasteiger partial charge in [-0.05, 0) is 31.7 Å². The molecule has 1 heterocycles. The van der Waals surface area contributed by atoms with E-state index < -0.39 is 0 Å². The van der Waals surface area contributed by atoms with E-state index in [1.54, 1.807) is 0 Å². The van der Waals surface area contributed by atoms with Gasteiger partial charge in [-0.3, -0.25) is 0 Å². The zero-order chi connectivity index (χ0) is 11.2. The molecule has 1 saturated carbocycles. The lowest BCUT2D eigenvalue weighted by Gasteiger charge is -2.34. The van der Waals surface area contributed by atoms with Crippen LogP contribution in [0.5, 0.6) is 0 Å². The smallest absolute Gasteiger partial charge is 0.0964 e. The Labute approximate surface area is 98.9 Å². The Kier molecular flexibility index (Phi) is 5.07. The topological polar surface area (TPSA) is 30.5 Å². The summed E-state index contributed by atoms with van der Waals surface area (Å²) in [5, 5.41) is 3.68. The normalized spacial score (nSPS) is 29.4. The summed E-state index contributed by atoms with van der Waals surface area (Å²) in [6.07, 6.45) is 6.98. The molecule has 94 valence electrons. The summed E-state index contributed by atoms with van der Waals surface area (Å²) in [6, 6.07) is 0.516. The standard InChI is InChI=1S/C13H25NO2/c1-2-7-14-13(11-5-3-4-6-11)12-10-15-8-9-16-12/h11-14H,2-10H2,1H3. The van der Waals surface area contributed by atoms with Crippen molar-refractivity contribution in [2.45, 2.75) is 51.2 Å². The van der Waals surface area contributed by atoms with Gasteiger partial charge in [0.25, 0.3) is 0 Å². The van der Waals surface area contributed by atoms with Crippen molar-refractivity contribution in [2.75, 3.05) is 26.4 Å². The van der Waals surface area contributed by atoms with E-state index in [1.165, 1.54) is 32.1 Å². The molecule has 1 aliphatic heterocycles. The third-order valence-corrected chi connectivity index (χ3v) is 3.78. The van der Waals surface area contributed by atoms with Gasteiger partial charge < -0.3 is 14.8 Å². The Hall–Kier alpha value is -0.120. The average Bonchev–Trinajstić information content (AvgIpc) is 2.85. The third kappa shape index (κ3) is 3.19. The molecule has 0 amide bonds. The Morgan fingerprint density at radius 1 is 1.25 bits per heavy atom. The Morgan fingerprint density at radius 2 is 2.06 bits per heavy atom. The number of rotatable bonds is 5. The lowest BCUT2D eigenvalue weighted by molar-refractivity contribution is -0.108. The van der Waals surface area contributed by atoms with Crippen molar-refractivity contribution >= 4 is 0 Å². The molecule has 2 atom stereocenters. The molecule has 0 aromatic rings. The van der Waals surface area contributed by atoms with Crippen LogP contribution >= 0.6 is 0 Å². The van der Waals surface area contributed by atoms with Crippen molar-refractivity contribution in [2.24, 2.45) is 5.92 Å². The summed E-state index contributed by atoms with van der Waals surface area (Å²) in [5.74, 6) is 0.804. The molecule has 1 N–H and O–H groups in total. The van der Waals surface area contributed by atoms with Gasteiger partial charge >= 0.3 is 0 Å². The molecule has 0 spiro atoms. The predicted octanol–water partition coefficient (Wildman–Crippen LogP) is 1.96. The quantitative estimate of drug-likeness (QED) is 0.779. The second kappa shape index (κ2) is 6.58. The van der Waals surface area contributed by atoms with Crippen molar-refractivity contribution in [1.82, 2.24) is 5.32 Å². The summed E-state index contributed by atoms with van der Waals surface area (Å²) in [7, 11) is 0. The molecule has 0 bridgehead atoms. The Morgan fingerprint density at radius 3 is 2.69 bits per heavy atom. The van der Waals surface area contributed by atoms with Crippen LogP contribution in [-0.4, -0.2) is 38.5 Å². The minimum absolute atomic E-state index is 0.281. The van der Waals surface area contributed by atoms with Crippen molar-refractivity contribution in [3.63, 3.8) is 0 Å². The van der Waals surface area contributed by atoms with Crippen molar-refractivity contribution in [3.8, 4) is 0 Å². The fourth-order valence-corrected chi connectivity index (χ4v) is 2.94. The van der Waals surface area contributed by atoms with Crippen molar-refractivity contribution < 1.29 is 9.47 Å². The maximum absolute atomic E-state index is 5.86. The number of hydrogen-bond acceptors (Lipinski definition) is 3. The van der Waals surface area contributed by atoms with E-state index in [2.05, 4.69) is 12.2 Å². The van der Waals surface area contributed by atoms with Gasteiger partial charge in [0.1, 0.15) is 0 Å². The summed E-state index contributed by atoms with van der Waals surface area (Å²) < 4.78 is 11.4. The first-order valence-electron chi connectivity index (χ1n) is 6.84. The second-order valence-electron chi connectivity index (χ2n) is 5.01. The number of hydrogen-bond donors (Lipinski definition) is 1. The van der Waals surface area contributed by atoms with E-state index in [0.29, 0.717) is 6.04 Å². The molecule has 2 rings (SSSR count). The van der Waals surface area contributed by atoms with E-state index in [4.69, 9.17) is 9.47 Å². The van der Waals surface area contributed by atoms with Gasteiger partial charge in [-0.2, -0.15) is 0 Å². The van der Waals surface area contributed by atoms with Crippen LogP contribution in [0.15, 0.2) is 0 Å². The fourth-order valence-electron chi connectivity index (χ4n) is 2.94. The molecule has 0 radical (unpaired) electrons. The zero-order valence-electron chi connectivity index (χ0n) is 10.4. The SMILES string of the molecule is CCCNC(C1CCCC1)C1COCCO1. The lowest BCUT2D eigenvalue weighted by Crippen LogP contribution is -2.50. The monoisotopic (exact) mass is 227 g/mol. The summed E-state index contributed by atoms with van der Waals surface area (Å²) in [5.41, 5.74) is 0. The maximum Gasteiger partial charge on any atom is 0.0964 e. The molecule has 2 aliphatic rings. The van der Waals surface area contributed by atoms with Gasteiger partial charge in [-0.15, -0.1) is 0 Å². The molecular formula is C13H25NO2. The summed E-state index contributed by atoms with van der Waals surface area (Å²) >= 11 is 0. The van der Waals surface area contributed by atoms with Crippen LogP contribution in [0.25, 0.3) is 0 Å². The lowest BCUT2D eigenvalue weighted by atomic mass is 9.93. The van der Waals surface area contributed by atoms with E-state index in [9.17, 15) is 0 Å². The molecule has 2 fully saturated rings. The van der Waals surface area contributed by atoms with Crippen LogP contribution < -0.4 is 5.32 Å². The Bertz CT molecular complexity index is 186. The first-order valence-corrected chi connectivity index (χ1v) is 6.84. The molecular weight excluding hydrogens is 202 g/mol. The van der Waals surface area contributed by atoms with Crippen LogP contribution in [0.4, 0.5) is 0 Å². The minimum Gasteiger partial charge on any atom is -0.376 e. The molecule has 1 saturated heterocycles. The molecule has 16 heavy (non-hydrogen) atoms. The molecule has 1 aliphatic carbocycles. The highest BCUT2D eigenvalue weighted by Crippen LogP contribution is 2.30. The van der Waals surface area contributed by atoms with E-state index in [0.717, 1.165) is 32.3 Å². The fraction of sp³-hybridized carbons (Fsp3) is 1.00. The predicted molar refractivity (Wildman–Crippen MR) is 64.6 cm³/mol. The second-order valence-corrected chi connectivity index (χ2v) is 5.01. The van der Waals surface area contributed by atoms with Gasteiger partial charge in [0.15, 0.2) is 0 Å². The minimum atomic E-state index is 0.281. The first-order chi connectivity index (χ1) is 7.92. The van der Waals surface area contributed by atoms with Crippen LogP contribution in [0.3, 0.4) is 0 Å². The zero-order valence-corrected chi connectivity index (χ0v) is 10.4. The largest absolute Gasteiger partial charge is 0.376 e. The highest BCUT2D eigenvalue weighted by Gasteiger charge is 2.32. The van der Waals surface area contributed by atoms with Crippen LogP contribution in [0.1, 0.15) is 39.0 Å². The molecule has 2 unspecified atom stereocenters. The van der Waals surface area contributed by atoms with E-state index >= 15 is 0 Å². The summed E-state index contributed by atoms with van der Waals surface area (Å²) in [4.78, 5) is 0. The van der Waals surface area contributed by atoms with Gasteiger partial charge in [-0.25, -0.2) is 0 Å². The van der Waals surface area contributed by atoms with E-state index in [-0.39, 0.29) is 6.10 Å². The maximum atomic E-state index is 5.86. The van der Waals surface area contributed by atoms with Crippen LogP contribution in [-0.2, 0) is 9.47 Å². The molecule has 3 heteroatoms. The van der Waals surface area contributed by atoms with Crippen LogP contribution in [0, 0.1) is 5.92 Å². The molecule has 0 aromatic carbocycles. The van der Waals surface area contributed by atoms with Crippen LogP contribution in [0.2, 0.25) is 0 Å². The highest BCUT2D eigenvalue weighted by atomic mass is 16.6. The Balaban J connectivity index is 1.89. The van der Waals surface area contributed by atoms with Crippen molar-refractivity contribution in [3.05, 3.63) is 0 Å². The van der Waals surface area contributed by atoms with Gasteiger partial charge in [0.05, 0.1) is 25.9 Å². The van der Waals surface area contributed by atoms with Gasteiger partial charge in [0, 0.05) is 6.04 Å². The average molecular weight is 227 g/mol. The number of ether oxygens (including phenoxy) is 2. The molecule has 0 aromatic heterocycles. The van der Waals surface area contributed by atoms with Gasteiger partial charge in [0.2, 0.25) is 0 Å². The van der Waals surface area contributed by atoms with Gasteiger partial charge in [-0.1, -0.05) is 19.8 Å². The third-order valence-electron chi connectivity index (χ3n) is 3.78. The highest BCUT2D eigenvalue weighted by molar-refractivity contribution is 4.87. The van der Waals surface area contributed by atoms with E-state index in [1.807, 2.05) is 0 Å². The van der Waals surface area contributed by atoms with Crippen molar-refractivity contribution in [1.29, 1.82) is 0 Å².